The Morgan fingerprint density at radius 2 is 1.77 bits per heavy atom. The molecule has 0 unspecified atom stereocenters. The van der Waals surface area contributed by atoms with E-state index < -0.39 is 12.0 Å². The molecule has 1 aliphatic heterocycles. The van der Waals surface area contributed by atoms with Crippen molar-refractivity contribution in [3.05, 3.63) is 98.5 Å². The summed E-state index contributed by atoms with van der Waals surface area (Å²) in [5, 5.41) is 14.5. The summed E-state index contributed by atoms with van der Waals surface area (Å²) in [4.78, 5) is 32.6. The van der Waals surface area contributed by atoms with Gasteiger partial charge in [0, 0.05) is 22.7 Å². The summed E-state index contributed by atoms with van der Waals surface area (Å²) in [6.45, 7) is 5.26. The highest BCUT2D eigenvalue weighted by molar-refractivity contribution is 6.42. The molecule has 2 N–H and O–H groups in total. The Bertz CT molecular complexity index is 1400. The second-order valence-electron chi connectivity index (χ2n) is 10.4. The highest BCUT2D eigenvalue weighted by Crippen LogP contribution is 2.29. The summed E-state index contributed by atoms with van der Waals surface area (Å²) in [6.07, 6.45) is 1.98. The van der Waals surface area contributed by atoms with Gasteiger partial charge in [-0.1, -0.05) is 85.0 Å². The Kier molecular flexibility index (Phi) is 10.3. The van der Waals surface area contributed by atoms with E-state index in [0.717, 1.165) is 24.1 Å². The first kappa shape index (κ1) is 30.1. The van der Waals surface area contributed by atoms with Crippen LogP contribution < -0.4 is 5.32 Å². The Hall–Kier alpha value is -2.90. The molecule has 4 rings (SSSR count). The fourth-order valence-corrected chi connectivity index (χ4v) is 5.42. The van der Waals surface area contributed by atoms with Crippen LogP contribution in [-0.2, 0) is 16.1 Å². The van der Waals surface area contributed by atoms with Gasteiger partial charge in [0.1, 0.15) is 6.04 Å². The molecular weight excluding hydrogens is 569 g/mol. The number of hydrogen-bond acceptors (Lipinski definition) is 4. The number of carboxylic acids is 1. The van der Waals surface area contributed by atoms with Crippen molar-refractivity contribution in [1.29, 1.82) is 0 Å². The lowest BCUT2D eigenvalue weighted by molar-refractivity contribution is -0.138. The van der Waals surface area contributed by atoms with Gasteiger partial charge in [0.15, 0.2) is 0 Å². The van der Waals surface area contributed by atoms with E-state index in [1.807, 2.05) is 56.3 Å². The molecule has 6 nitrogen and oxygen atoms in total. The van der Waals surface area contributed by atoms with Crippen molar-refractivity contribution in [2.45, 2.75) is 51.7 Å². The lowest BCUT2D eigenvalue weighted by Crippen LogP contribution is -2.39. The number of likely N-dealkylation sites (tertiary alicyclic amines) is 1. The first-order valence-corrected chi connectivity index (χ1v) is 14.4. The van der Waals surface area contributed by atoms with Gasteiger partial charge in [0.05, 0.1) is 27.5 Å². The van der Waals surface area contributed by atoms with E-state index in [9.17, 15) is 14.7 Å². The zero-order valence-electron chi connectivity index (χ0n) is 22.4. The summed E-state index contributed by atoms with van der Waals surface area (Å²) in [5.74, 6) is -1.02. The largest absolute Gasteiger partial charge is 0.480 e. The molecule has 0 spiro atoms. The molecular formula is C31H32Cl3N3O3. The van der Waals surface area contributed by atoms with E-state index in [-0.39, 0.29) is 17.9 Å². The average molecular weight is 601 g/mol. The van der Waals surface area contributed by atoms with Crippen LogP contribution in [0.15, 0.2) is 71.7 Å². The van der Waals surface area contributed by atoms with Crippen LogP contribution in [-0.4, -0.2) is 46.2 Å². The van der Waals surface area contributed by atoms with Crippen molar-refractivity contribution in [1.82, 2.24) is 4.90 Å². The van der Waals surface area contributed by atoms with Gasteiger partial charge >= 0.3 is 5.97 Å². The highest BCUT2D eigenvalue weighted by Gasteiger charge is 2.31. The molecule has 1 aliphatic rings. The molecule has 0 saturated carbocycles. The van der Waals surface area contributed by atoms with Gasteiger partial charge in [-0.15, -0.1) is 0 Å². The Morgan fingerprint density at radius 1 is 1.02 bits per heavy atom. The maximum atomic E-state index is 13.6. The van der Waals surface area contributed by atoms with E-state index in [2.05, 4.69) is 10.2 Å². The lowest BCUT2D eigenvalue weighted by Gasteiger charge is -2.25. The molecule has 2 atom stereocenters. The number of carbonyl (C=O) groups excluding carboxylic acids is 1. The van der Waals surface area contributed by atoms with Crippen LogP contribution in [0.5, 0.6) is 0 Å². The van der Waals surface area contributed by atoms with Gasteiger partial charge in [-0.25, -0.2) is 4.79 Å². The zero-order chi connectivity index (χ0) is 28.8. The predicted molar refractivity (Wildman–Crippen MR) is 163 cm³/mol. The number of halogens is 3. The van der Waals surface area contributed by atoms with E-state index in [1.54, 1.807) is 24.3 Å². The van der Waals surface area contributed by atoms with Gasteiger partial charge in [-0.05, 0) is 67.6 Å². The summed E-state index contributed by atoms with van der Waals surface area (Å²) in [5.41, 5.74) is 3.26. The smallest absolute Gasteiger partial charge is 0.328 e. The van der Waals surface area contributed by atoms with E-state index >= 15 is 0 Å². The molecule has 40 heavy (non-hydrogen) atoms. The molecule has 0 aromatic heterocycles. The molecule has 0 bridgehead atoms. The third kappa shape index (κ3) is 7.64. The Balaban J connectivity index is 1.66. The predicted octanol–water partition coefficient (Wildman–Crippen LogP) is 7.59. The molecule has 1 fully saturated rings. The second-order valence-corrected chi connectivity index (χ2v) is 11.6. The van der Waals surface area contributed by atoms with Crippen LogP contribution in [0.4, 0.5) is 5.69 Å². The number of rotatable bonds is 10. The van der Waals surface area contributed by atoms with Crippen molar-refractivity contribution in [2.24, 2.45) is 10.9 Å². The first-order chi connectivity index (χ1) is 19.1. The number of nitrogens with zero attached hydrogens (tertiary/aromatic N) is 2. The van der Waals surface area contributed by atoms with Crippen molar-refractivity contribution in [3.8, 4) is 0 Å². The van der Waals surface area contributed by atoms with Crippen LogP contribution >= 0.6 is 34.8 Å². The molecule has 1 heterocycles. The van der Waals surface area contributed by atoms with Gasteiger partial charge in [-0.2, -0.15) is 0 Å². The van der Waals surface area contributed by atoms with Crippen molar-refractivity contribution < 1.29 is 14.7 Å². The lowest BCUT2D eigenvalue weighted by atomic mass is 9.98. The molecule has 9 heteroatoms. The van der Waals surface area contributed by atoms with Gasteiger partial charge in [-0.3, -0.25) is 14.7 Å². The monoisotopic (exact) mass is 599 g/mol. The SMILES string of the molecule is CC(C)C[C@H](N=C(c1ccccc1)c1cc(Cl)ccc1NC(=O)[C@@H]1CCCN1Cc1ccc(Cl)c(Cl)c1)C(=O)O. The summed E-state index contributed by atoms with van der Waals surface area (Å²) in [6, 6.07) is 18.7. The van der Waals surface area contributed by atoms with E-state index in [0.29, 0.717) is 51.4 Å². The minimum Gasteiger partial charge on any atom is -0.480 e. The van der Waals surface area contributed by atoms with Crippen LogP contribution in [0.2, 0.25) is 15.1 Å². The third-order valence-corrected chi connectivity index (χ3v) is 7.82. The van der Waals surface area contributed by atoms with Crippen molar-refractivity contribution >= 4 is 58.1 Å². The molecule has 1 saturated heterocycles. The standard InChI is InChI=1S/C31H32Cl3N3O3/c1-19(2)15-27(31(39)40)35-29(21-7-4-3-5-8-21)23-17-22(32)11-13-26(23)36-30(38)28-9-6-14-37(28)18-20-10-12-24(33)25(34)16-20/h3-5,7-8,10-13,16-17,19,27-28H,6,9,14-15,18H2,1-2H3,(H,36,38)(H,39,40)/t27-,28-/m0/s1. The van der Waals surface area contributed by atoms with Crippen molar-refractivity contribution in [2.75, 3.05) is 11.9 Å². The van der Waals surface area contributed by atoms with E-state index in [1.165, 1.54) is 0 Å². The fraction of sp³-hybridized carbons (Fsp3) is 0.323. The molecule has 0 radical (unpaired) electrons. The summed E-state index contributed by atoms with van der Waals surface area (Å²) < 4.78 is 0. The van der Waals surface area contributed by atoms with Crippen molar-refractivity contribution in [3.63, 3.8) is 0 Å². The van der Waals surface area contributed by atoms with Crippen LogP contribution in [0.1, 0.15) is 49.8 Å². The quantitative estimate of drug-likeness (QED) is 0.235. The Labute approximate surface area is 250 Å². The molecule has 0 aliphatic carbocycles. The van der Waals surface area contributed by atoms with Crippen LogP contribution in [0, 0.1) is 5.92 Å². The van der Waals surface area contributed by atoms with Gasteiger partial charge in [0.25, 0.3) is 0 Å². The van der Waals surface area contributed by atoms with Crippen LogP contribution in [0.25, 0.3) is 0 Å². The maximum absolute atomic E-state index is 13.6. The number of benzene rings is 3. The summed E-state index contributed by atoms with van der Waals surface area (Å²) in [7, 11) is 0. The number of aliphatic carboxylic acids is 1. The molecule has 3 aromatic rings. The normalized spacial score (nSPS) is 16.8. The average Bonchev–Trinajstić information content (AvgIpc) is 3.38. The van der Waals surface area contributed by atoms with Gasteiger partial charge < -0.3 is 10.4 Å². The number of amides is 1. The topological polar surface area (TPSA) is 82.0 Å². The number of anilines is 1. The minimum atomic E-state index is -1.00. The zero-order valence-corrected chi connectivity index (χ0v) is 24.7. The van der Waals surface area contributed by atoms with Gasteiger partial charge in [0.2, 0.25) is 5.91 Å². The summed E-state index contributed by atoms with van der Waals surface area (Å²) >= 11 is 18.7. The molecule has 1 amide bonds. The third-order valence-electron chi connectivity index (χ3n) is 6.84. The number of hydrogen-bond donors (Lipinski definition) is 2. The Morgan fingerprint density at radius 3 is 2.45 bits per heavy atom. The minimum absolute atomic E-state index is 0.129. The maximum Gasteiger partial charge on any atom is 0.328 e. The number of carboxylic acid groups (broad SMARTS) is 1. The number of carbonyl (C=O) groups is 2. The molecule has 210 valence electrons. The fourth-order valence-electron chi connectivity index (χ4n) is 4.93. The first-order valence-electron chi connectivity index (χ1n) is 13.3. The van der Waals surface area contributed by atoms with E-state index in [4.69, 9.17) is 39.8 Å². The number of nitrogens with one attached hydrogen (secondary N) is 1. The number of aliphatic imine (C=N–C) groups is 1. The molecule has 3 aromatic carbocycles. The second kappa shape index (κ2) is 13.6. The van der Waals surface area contributed by atoms with Crippen LogP contribution in [0.3, 0.4) is 0 Å². The highest BCUT2D eigenvalue weighted by atomic mass is 35.5.